The number of nitrogens with one attached hydrogen (secondary N) is 1. The Balaban J connectivity index is 1.51. The van der Waals surface area contributed by atoms with Crippen molar-refractivity contribution < 1.29 is 22.7 Å². The summed E-state index contributed by atoms with van der Waals surface area (Å²) in [7, 11) is -4.22. The predicted molar refractivity (Wildman–Crippen MR) is 171 cm³/mol. The highest BCUT2D eigenvalue weighted by atomic mass is 32.2. The van der Waals surface area contributed by atoms with Gasteiger partial charge in [-0.3, -0.25) is 4.79 Å². The first kappa shape index (κ1) is 29.1. The molecule has 0 saturated carbocycles. The summed E-state index contributed by atoms with van der Waals surface area (Å²) in [6.07, 6.45) is 1.61. The Hall–Kier alpha value is -3.99. The average Bonchev–Trinajstić information content (AvgIpc) is 3.34. The summed E-state index contributed by atoms with van der Waals surface area (Å²) in [4.78, 5) is 19.9. The van der Waals surface area contributed by atoms with Gasteiger partial charge in [0.25, 0.3) is 15.9 Å². The van der Waals surface area contributed by atoms with Crippen LogP contribution >= 0.6 is 11.3 Å². The van der Waals surface area contributed by atoms with E-state index in [4.69, 9.17) is 20.2 Å². The molecule has 1 fully saturated rings. The van der Waals surface area contributed by atoms with Crippen molar-refractivity contribution >= 4 is 53.9 Å². The van der Waals surface area contributed by atoms with E-state index in [2.05, 4.69) is 16.9 Å². The molecule has 8 nitrogen and oxygen atoms in total. The van der Waals surface area contributed by atoms with Gasteiger partial charge in [0.05, 0.1) is 38.0 Å². The maximum atomic E-state index is 14.0. The van der Waals surface area contributed by atoms with Gasteiger partial charge >= 0.3 is 0 Å². The number of ether oxygens (including phenoxy) is 2. The summed E-state index contributed by atoms with van der Waals surface area (Å²) in [5.74, 6) is 0.00180. The molecule has 10 heteroatoms. The van der Waals surface area contributed by atoms with Crippen LogP contribution in [-0.4, -0.2) is 38.6 Å². The number of carbonyl (C=O) groups is 1. The van der Waals surface area contributed by atoms with Crippen LogP contribution in [-0.2, 0) is 14.8 Å². The van der Waals surface area contributed by atoms with Crippen molar-refractivity contribution in [3.8, 4) is 16.3 Å². The maximum Gasteiger partial charge on any atom is 0.265 e. The highest BCUT2D eigenvalue weighted by Gasteiger charge is 2.27. The van der Waals surface area contributed by atoms with Crippen molar-refractivity contribution in [1.29, 1.82) is 0 Å². The van der Waals surface area contributed by atoms with Gasteiger partial charge in [0, 0.05) is 23.6 Å². The number of aromatic nitrogens is 1. The van der Waals surface area contributed by atoms with Crippen molar-refractivity contribution in [3.05, 3.63) is 83.4 Å². The number of fused-ring (bicyclic) bond motifs is 2. The fourth-order valence-electron chi connectivity index (χ4n) is 5.65. The summed E-state index contributed by atoms with van der Waals surface area (Å²) in [5, 5.41) is 1.58. The third kappa shape index (κ3) is 5.70. The van der Waals surface area contributed by atoms with E-state index < -0.39 is 15.9 Å². The third-order valence-electron chi connectivity index (χ3n) is 8.08. The van der Waals surface area contributed by atoms with Crippen LogP contribution in [0.3, 0.4) is 0 Å². The Bertz CT molecular complexity index is 1960. The quantitative estimate of drug-likeness (QED) is 0.197. The van der Waals surface area contributed by atoms with E-state index in [0.717, 1.165) is 38.9 Å². The molecule has 1 amide bonds. The Morgan fingerprint density at radius 2 is 1.84 bits per heavy atom. The third-order valence-corrected chi connectivity index (χ3v) is 10.7. The number of anilines is 1. The molecule has 6 rings (SSSR count). The van der Waals surface area contributed by atoms with Crippen LogP contribution in [0.4, 0.5) is 5.69 Å². The Labute approximate surface area is 254 Å². The molecule has 0 unspecified atom stereocenters. The molecule has 1 aliphatic heterocycles. The van der Waals surface area contributed by atoms with Crippen molar-refractivity contribution in [2.24, 2.45) is 5.92 Å². The summed E-state index contributed by atoms with van der Waals surface area (Å²) >= 11 is 1.59. The molecule has 0 bridgehead atoms. The summed E-state index contributed by atoms with van der Waals surface area (Å²) in [6.45, 7) is 7.34. The lowest BCUT2D eigenvalue weighted by molar-refractivity contribution is 0.0243. The number of thiophene rings is 1. The Morgan fingerprint density at radius 1 is 1.07 bits per heavy atom. The average molecular weight is 616 g/mol. The van der Waals surface area contributed by atoms with Crippen LogP contribution in [0, 0.1) is 19.8 Å². The molecular formula is C33H33N3O5S2. The topological polar surface area (TPSA) is 121 Å². The highest BCUT2D eigenvalue weighted by Crippen LogP contribution is 2.41. The van der Waals surface area contributed by atoms with E-state index in [9.17, 15) is 13.2 Å². The van der Waals surface area contributed by atoms with Crippen molar-refractivity contribution in [2.75, 3.05) is 18.9 Å². The second kappa shape index (κ2) is 11.6. The SMILES string of the molecule is Cc1c(-c2cc(C(=O)NS(=O)(=O)c3cccc(N)c3)c3c(O[C@H](C)C4CCOCC4)ccc(C)c3n2)sc2ccccc12. The van der Waals surface area contributed by atoms with E-state index in [1.807, 2.05) is 45.0 Å². The van der Waals surface area contributed by atoms with E-state index in [1.165, 1.54) is 18.2 Å². The number of hydrogen-bond acceptors (Lipinski definition) is 8. The number of sulfonamides is 1. The molecule has 0 radical (unpaired) electrons. The Morgan fingerprint density at radius 3 is 2.58 bits per heavy atom. The number of hydrogen-bond donors (Lipinski definition) is 2. The minimum absolute atomic E-state index is 0.0967. The molecule has 3 N–H and O–H groups in total. The van der Waals surface area contributed by atoms with Gasteiger partial charge in [-0.1, -0.05) is 30.3 Å². The summed E-state index contributed by atoms with van der Waals surface area (Å²) in [5.41, 5.74) is 9.35. The molecular weight excluding hydrogens is 583 g/mol. The fraction of sp³-hybridized carbons (Fsp3) is 0.273. The largest absolute Gasteiger partial charge is 0.490 e. The number of amides is 1. The number of aryl methyl sites for hydroxylation is 2. The van der Waals surface area contributed by atoms with Crippen molar-refractivity contribution in [1.82, 2.24) is 9.71 Å². The van der Waals surface area contributed by atoms with Gasteiger partial charge in [-0.2, -0.15) is 0 Å². The maximum absolute atomic E-state index is 14.0. The van der Waals surface area contributed by atoms with Gasteiger partial charge < -0.3 is 15.2 Å². The van der Waals surface area contributed by atoms with Gasteiger partial charge in [0.2, 0.25) is 0 Å². The zero-order chi connectivity index (χ0) is 30.3. The van der Waals surface area contributed by atoms with Crippen molar-refractivity contribution in [3.63, 3.8) is 0 Å². The zero-order valence-corrected chi connectivity index (χ0v) is 25.8. The normalized spacial score (nSPS) is 15.0. The lowest BCUT2D eigenvalue weighted by Crippen LogP contribution is -2.31. The van der Waals surface area contributed by atoms with E-state index >= 15 is 0 Å². The molecule has 1 saturated heterocycles. The van der Waals surface area contributed by atoms with Crippen LogP contribution in [0.5, 0.6) is 5.75 Å². The standard InChI is InChI=1S/C33H33N3O5S2/c1-19-11-12-28(41-21(3)22-13-15-40-16-14-22)30-26(33(37)36-43(38,39)24-8-6-7-23(34)17-24)18-27(35-31(19)30)32-20(2)25-9-4-5-10-29(25)42-32/h4-12,17-18,21-22H,13-16,34H2,1-3H3,(H,36,37)/t21-/m1/s1. The van der Waals surface area contributed by atoms with Crippen LogP contribution in [0.15, 0.2) is 71.6 Å². The molecule has 2 aromatic heterocycles. The number of carbonyl (C=O) groups excluding carboxylic acids is 1. The molecule has 5 aromatic rings. The monoisotopic (exact) mass is 615 g/mol. The molecule has 222 valence electrons. The van der Waals surface area contributed by atoms with Crippen LogP contribution in [0.2, 0.25) is 0 Å². The summed E-state index contributed by atoms with van der Waals surface area (Å²) in [6, 6.07) is 19.4. The minimum atomic E-state index is -4.22. The second-order valence-electron chi connectivity index (χ2n) is 11.0. The second-order valence-corrected chi connectivity index (χ2v) is 13.7. The van der Waals surface area contributed by atoms with E-state index in [1.54, 1.807) is 23.5 Å². The highest BCUT2D eigenvalue weighted by molar-refractivity contribution is 7.90. The first-order chi connectivity index (χ1) is 20.6. The van der Waals surface area contributed by atoms with Gasteiger partial charge in [-0.25, -0.2) is 18.1 Å². The molecule has 1 aliphatic rings. The molecule has 0 spiro atoms. The van der Waals surface area contributed by atoms with Gasteiger partial charge in [0.15, 0.2) is 0 Å². The lowest BCUT2D eigenvalue weighted by atomic mass is 9.94. The van der Waals surface area contributed by atoms with Gasteiger partial charge in [-0.15, -0.1) is 11.3 Å². The Kier molecular flexibility index (Phi) is 7.85. The fourth-order valence-corrected chi connectivity index (χ4v) is 7.85. The zero-order valence-electron chi connectivity index (χ0n) is 24.2. The van der Waals surface area contributed by atoms with Gasteiger partial charge in [-0.05, 0) is 92.4 Å². The summed E-state index contributed by atoms with van der Waals surface area (Å²) < 4.78 is 42.1. The van der Waals surface area contributed by atoms with Crippen LogP contribution in [0.25, 0.3) is 31.6 Å². The molecule has 1 atom stereocenters. The number of nitrogen functional groups attached to an aromatic ring is 1. The first-order valence-electron chi connectivity index (χ1n) is 14.2. The van der Waals surface area contributed by atoms with E-state index in [-0.39, 0.29) is 22.3 Å². The van der Waals surface area contributed by atoms with Crippen LogP contribution in [0.1, 0.15) is 41.3 Å². The first-order valence-corrected chi connectivity index (χ1v) is 16.5. The van der Waals surface area contributed by atoms with E-state index in [0.29, 0.717) is 41.5 Å². The molecule has 0 aliphatic carbocycles. The predicted octanol–water partition coefficient (Wildman–Crippen LogP) is 6.63. The van der Waals surface area contributed by atoms with Crippen LogP contribution < -0.4 is 15.2 Å². The number of pyridine rings is 1. The van der Waals surface area contributed by atoms with Crippen molar-refractivity contribution in [2.45, 2.75) is 44.6 Å². The van der Waals surface area contributed by atoms with Gasteiger partial charge in [0.1, 0.15) is 5.75 Å². The number of benzene rings is 3. The number of rotatable bonds is 7. The lowest BCUT2D eigenvalue weighted by Gasteiger charge is -2.29. The molecule has 3 aromatic carbocycles. The smallest absolute Gasteiger partial charge is 0.265 e. The molecule has 3 heterocycles. The number of nitrogens with zero attached hydrogens (tertiary/aromatic N) is 1. The minimum Gasteiger partial charge on any atom is -0.490 e. The molecule has 43 heavy (non-hydrogen) atoms. The number of nitrogens with two attached hydrogens (primary N) is 1.